The summed E-state index contributed by atoms with van der Waals surface area (Å²) in [6, 6.07) is -0.706. The third-order valence-corrected chi connectivity index (χ3v) is 0.963. The lowest BCUT2D eigenvalue weighted by atomic mass is 10.3. The van der Waals surface area contributed by atoms with Gasteiger partial charge >= 0.3 is 5.97 Å². The van der Waals surface area contributed by atoms with Crippen LogP contribution in [-0.2, 0) is 9.53 Å². The van der Waals surface area contributed by atoms with Crippen LogP contribution in [0.1, 0.15) is 0 Å². The van der Waals surface area contributed by atoms with Gasteiger partial charge in [-0.1, -0.05) is 6.08 Å². The molecule has 0 aromatic carbocycles. The van der Waals surface area contributed by atoms with Gasteiger partial charge in [-0.2, -0.15) is 0 Å². The number of ether oxygens (including phenoxy) is 1. The van der Waals surface area contributed by atoms with E-state index in [0.29, 0.717) is 0 Å². The first-order valence-corrected chi connectivity index (χ1v) is 2.94. The molecule has 0 radical (unpaired) electrons. The zero-order valence-electron chi connectivity index (χ0n) is 5.53. The molecule has 0 saturated heterocycles. The summed E-state index contributed by atoms with van der Waals surface area (Å²) in [7, 11) is 1.28. The number of nitrogens with zero attached hydrogens (tertiary/aromatic N) is 1. The van der Waals surface area contributed by atoms with E-state index in [1.807, 2.05) is 0 Å². The van der Waals surface area contributed by atoms with Crippen LogP contribution in [0.3, 0.4) is 0 Å². The van der Waals surface area contributed by atoms with E-state index in [9.17, 15) is 4.79 Å². The van der Waals surface area contributed by atoms with E-state index < -0.39 is 12.0 Å². The summed E-state index contributed by atoms with van der Waals surface area (Å²) < 4.78 is 4.37. The number of esters is 1. The van der Waals surface area contributed by atoms with E-state index in [2.05, 4.69) is 33.7 Å². The Bertz CT molecular complexity index is 184. The Morgan fingerprint density at radius 2 is 2.60 bits per heavy atom. The monoisotopic (exact) mass is 157 g/mol. The quantitative estimate of drug-likeness (QED) is 0.263. The van der Waals surface area contributed by atoms with Crippen LogP contribution in [0.5, 0.6) is 0 Å². The lowest BCUT2D eigenvalue weighted by Crippen LogP contribution is -2.16. The largest absolute Gasteiger partial charge is 0.467 e. The van der Waals surface area contributed by atoms with Crippen molar-refractivity contribution in [2.45, 2.75) is 6.04 Å². The second-order valence-corrected chi connectivity index (χ2v) is 1.61. The molecule has 0 aromatic rings. The van der Waals surface area contributed by atoms with Crippen molar-refractivity contribution in [3.8, 4) is 0 Å². The van der Waals surface area contributed by atoms with Gasteiger partial charge in [0.05, 0.1) is 12.3 Å². The summed E-state index contributed by atoms with van der Waals surface area (Å²) in [6.45, 7) is 3.37. The number of aliphatic imine (C=N–C) groups is 1. The molecule has 0 heterocycles. The topological polar surface area (TPSA) is 38.7 Å². The summed E-state index contributed by atoms with van der Waals surface area (Å²) in [5.41, 5.74) is 0. The molecule has 0 amide bonds. The van der Waals surface area contributed by atoms with Crippen LogP contribution in [-0.4, -0.2) is 24.3 Å². The third-order valence-electron chi connectivity index (χ3n) is 0.858. The standard InChI is InChI=1S/C6H7NO2S/c1-3-5(7-4-10)6(8)9-2/h3,5H,1H2,2H3/t5-/m0/s1. The fourth-order valence-corrected chi connectivity index (χ4v) is 0.493. The second kappa shape index (κ2) is 4.85. The molecule has 4 heteroatoms. The van der Waals surface area contributed by atoms with Gasteiger partial charge in [0.15, 0.2) is 6.04 Å². The van der Waals surface area contributed by atoms with Gasteiger partial charge in [0.1, 0.15) is 0 Å². The van der Waals surface area contributed by atoms with Crippen LogP contribution in [0.4, 0.5) is 0 Å². The van der Waals surface area contributed by atoms with Gasteiger partial charge in [-0.25, -0.2) is 9.79 Å². The highest BCUT2D eigenvalue weighted by Gasteiger charge is 2.11. The van der Waals surface area contributed by atoms with E-state index in [-0.39, 0.29) is 0 Å². The van der Waals surface area contributed by atoms with Crippen molar-refractivity contribution in [3.05, 3.63) is 12.7 Å². The first-order chi connectivity index (χ1) is 4.76. The van der Waals surface area contributed by atoms with Crippen LogP contribution < -0.4 is 0 Å². The maximum absolute atomic E-state index is 10.7. The molecule has 1 atom stereocenters. The Balaban J connectivity index is 4.19. The van der Waals surface area contributed by atoms with Crippen molar-refractivity contribution < 1.29 is 9.53 Å². The Hall–Kier alpha value is -0.990. The molecular weight excluding hydrogens is 150 g/mol. The molecule has 0 aliphatic rings. The SMILES string of the molecule is C=C[C@H](N=C=S)C(=O)OC. The number of hydrogen-bond donors (Lipinski definition) is 0. The van der Waals surface area contributed by atoms with Crippen molar-refractivity contribution in [2.75, 3.05) is 7.11 Å². The minimum atomic E-state index is -0.706. The van der Waals surface area contributed by atoms with Crippen LogP contribution >= 0.6 is 12.2 Å². The second-order valence-electron chi connectivity index (χ2n) is 1.42. The van der Waals surface area contributed by atoms with Crippen molar-refractivity contribution in [3.63, 3.8) is 0 Å². The lowest BCUT2D eigenvalue weighted by Gasteiger charge is -2.00. The Morgan fingerprint density at radius 1 is 2.00 bits per heavy atom. The summed E-state index contributed by atoms with van der Waals surface area (Å²) in [5.74, 6) is -0.479. The number of hydrogen-bond acceptors (Lipinski definition) is 4. The highest BCUT2D eigenvalue weighted by atomic mass is 32.1. The van der Waals surface area contributed by atoms with Gasteiger partial charge in [0.25, 0.3) is 0 Å². The van der Waals surface area contributed by atoms with E-state index in [1.165, 1.54) is 13.2 Å². The molecule has 0 unspecified atom stereocenters. The van der Waals surface area contributed by atoms with E-state index in [4.69, 9.17) is 0 Å². The van der Waals surface area contributed by atoms with Crippen LogP contribution in [0.2, 0.25) is 0 Å². The van der Waals surface area contributed by atoms with Gasteiger partial charge in [0, 0.05) is 0 Å². The zero-order valence-corrected chi connectivity index (χ0v) is 6.35. The van der Waals surface area contributed by atoms with Crippen molar-refractivity contribution in [2.24, 2.45) is 4.99 Å². The highest BCUT2D eigenvalue weighted by molar-refractivity contribution is 7.78. The predicted molar refractivity (Wildman–Crippen MR) is 41.0 cm³/mol. The van der Waals surface area contributed by atoms with Gasteiger partial charge in [0.2, 0.25) is 0 Å². The first-order valence-electron chi connectivity index (χ1n) is 2.53. The summed E-state index contributed by atoms with van der Waals surface area (Å²) in [4.78, 5) is 14.1. The molecule has 10 heavy (non-hydrogen) atoms. The molecule has 0 rings (SSSR count). The zero-order chi connectivity index (χ0) is 7.98. The fourth-order valence-electron chi connectivity index (χ4n) is 0.379. The van der Waals surface area contributed by atoms with Gasteiger partial charge in [-0.3, -0.25) is 0 Å². The van der Waals surface area contributed by atoms with Crippen molar-refractivity contribution in [1.29, 1.82) is 0 Å². The molecular formula is C6H7NO2S. The van der Waals surface area contributed by atoms with E-state index >= 15 is 0 Å². The van der Waals surface area contributed by atoms with Crippen LogP contribution in [0.15, 0.2) is 17.6 Å². The van der Waals surface area contributed by atoms with Gasteiger partial charge in [-0.15, -0.1) is 6.58 Å². The normalized spacial score (nSPS) is 10.9. The lowest BCUT2D eigenvalue weighted by molar-refractivity contribution is -0.140. The number of rotatable bonds is 3. The molecule has 54 valence electrons. The first kappa shape index (κ1) is 9.01. The minimum Gasteiger partial charge on any atom is -0.467 e. The smallest absolute Gasteiger partial charge is 0.335 e. The van der Waals surface area contributed by atoms with Crippen LogP contribution in [0, 0.1) is 0 Å². The molecule has 0 N–H and O–H groups in total. The summed E-state index contributed by atoms with van der Waals surface area (Å²) in [6.07, 6.45) is 1.34. The molecule has 0 spiro atoms. The third kappa shape index (κ3) is 2.53. The number of methoxy groups -OCH3 is 1. The number of thiocarbonyl (C=S) groups is 1. The molecule has 0 aromatic heterocycles. The van der Waals surface area contributed by atoms with Crippen molar-refractivity contribution >= 4 is 23.3 Å². The van der Waals surface area contributed by atoms with E-state index in [0.717, 1.165) is 0 Å². The molecule has 0 fully saturated rings. The molecule has 0 aliphatic carbocycles. The van der Waals surface area contributed by atoms with E-state index in [1.54, 1.807) is 0 Å². The van der Waals surface area contributed by atoms with Crippen LogP contribution in [0.25, 0.3) is 0 Å². The van der Waals surface area contributed by atoms with Crippen molar-refractivity contribution in [1.82, 2.24) is 0 Å². The molecule has 0 aliphatic heterocycles. The molecule has 0 bridgehead atoms. The van der Waals surface area contributed by atoms with Gasteiger partial charge < -0.3 is 4.74 Å². The molecule has 0 saturated carbocycles. The highest BCUT2D eigenvalue weighted by Crippen LogP contribution is 1.93. The molecule has 3 nitrogen and oxygen atoms in total. The summed E-state index contributed by atoms with van der Waals surface area (Å²) >= 11 is 4.29. The Morgan fingerprint density at radius 3 is 2.90 bits per heavy atom. The number of carbonyl (C=O) groups excluding carboxylic acids is 1. The minimum absolute atomic E-state index is 0.479. The average Bonchev–Trinajstić information content (AvgIpc) is 1.99. The summed E-state index contributed by atoms with van der Waals surface area (Å²) in [5, 5.41) is 2.07. The maximum atomic E-state index is 10.7. The number of isothiocyanates is 1. The van der Waals surface area contributed by atoms with Gasteiger partial charge in [-0.05, 0) is 12.2 Å². The average molecular weight is 157 g/mol. The Kier molecular flexibility index (Phi) is 4.37. The maximum Gasteiger partial charge on any atom is 0.335 e. The number of carbonyl (C=O) groups is 1. The predicted octanol–water partition coefficient (Wildman–Crippen LogP) is 0.817. The Labute approximate surface area is 64.4 Å². The fraction of sp³-hybridized carbons (Fsp3) is 0.333.